The molecule has 15 nitrogen and oxygen atoms in total. The van der Waals surface area contributed by atoms with Crippen molar-refractivity contribution in [2.45, 2.75) is 43.1 Å². The first-order valence-electron chi connectivity index (χ1n) is 14.0. The number of thioether (sulfide) groups is 1. The number of benzene rings is 1. The number of aliphatic hydroxyl groups is 1. The highest BCUT2D eigenvalue weighted by Crippen LogP contribution is 2.50. The molecule has 0 bridgehead atoms. The van der Waals surface area contributed by atoms with E-state index in [0.29, 0.717) is 19.3 Å². The molecule has 3 fully saturated rings. The molecule has 240 valence electrons. The molecule has 3 atom stereocenters. The summed E-state index contributed by atoms with van der Waals surface area (Å²) in [5, 5.41) is 27.3. The molecule has 0 radical (unpaired) electrons. The maximum Gasteiger partial charge on any atom is 0.426 e. The van der Waals surface area contributed by atoms with Gasteiger partial charge in [-0.2, -0.15) is 0 Å². The van der Waals surface area contributed by atoms with Crippen LogP contribution in [0.1, 0.15) is 42.1 Å². The minimum atomic E-state index is -1.61. The predicted molar refractivity (Wildman–Crippen MR) is 154 cm³/mol. The van der Waals surface area contributed by atoms with E-state index in [0.717, 1.165) is 22.9 Å². The quantitative estimate of drug-likeness (QED) is 0.157. The number of nitrogens with zero attached hydrogens (tertiary/aromatic N) is 3. The number of carboxylic acids is 2. The van der Waals surface area contributed by atoms with E-state index in [-0.39, 0.29) is 54.3 Å². The lowest BCUT2D eigenvalue weighted by Gasteiger charge is -2.42. The first-order chi connectivity index (χ1) is 21.4. The summed E-state index contributed by atoms with van der Waals surface area (Å²) in [4.78, 5) is 64.7. The first kappa shape index (κ1) is 30.6. The Kier molecular flexibility index (Phi) is 7.82. The number of hydrazine groups is 1. The molecular weight excluding hydrogens is 622 g/mol. The second kappa shape index (κ2) is 11.5. The van der Waals surface area contributed by atoms with Crippen LogP contribution in [0, 0.1) is 17.6 Å². The lowest BCUT2D eigenvalue weighted by atomic mass is 9.94. The summed E-state index contributed by atoms with van der Waals surface area (Å²) in [5.74, 6) is -6.45. The van der Waals surface area contributed by atoms with E-state index in [1.807, 2.05) is 0 Å². The van der Waals surface area contributed by atoms with Gasteiger partial charge in [-0.25, -0.2) is 28.6 Å². The highest BCUT2D eigenvalue weighted by atomic mass is 32.2. The number of nitrogens with one attached hydrogen (secondary N) is 2. The van der Waals surface area contributed by atoms with Gasteiger partial charge in [0.05, 0.1) is 27.1 Å². The molecule has 0 spiro atoms. The Morgan fingerprint density at radius 3 is 2.44 bits per heavy atom. The van der Waals surface area contributed by atoms with E-state index in [2.05, 4.69) is 10.9 Å². The number of aromatic nitrogens is 1. The minimum Gasteiger partial charge on any atom is -0.477 e. The molecule has 1 aromatic heterocycles. The largest absolute Gasteiger partial charge is 0.477 e. The molecule has 1 saturated carbocycles. The van der Waals surface area contributed by atoms with Crippen LogP contribution in [0.25, 0.3) is 10.9 Å². The van der Waals surface area contributed by atoms with Gasteiger partial charge in [0.1, 0.15) is 29.2 Å². The molecule has 0 unspecified atom stereocenters. The van der Waals surface area contributed by atoms with E-state index < -0.39 is 81.2 Å². The molecule has 18 heteroatoms. The van der Waals surface area contributed by atoms with Crippen LogP contribution >= 0.6 is 11.8 Å². The van der Waals surface area contributed by atoms with Crippen molar-refractivity contribution in [1.82, 2.24) is 14.9 Å². The second-order valence-electron chi connectivity index (χ2n) is 11.1. The summed E-state index contributed by atoms with van der Waals surface area (Å²) in [6.45, 7) is -0.556. The van der Waals surface area contributed by atoms with Crippen molar-refractivity contribution in [3.05, 3.63) is 44.2 Å². The third-order valence-corrected chi connectivity index (χ3v) is 9.60. The highest BCUT2D eigenvalue weighted by molar-refractivity contribution is 8.04. The van der Waals surface area contributed by atoms with Gasteiger partial charge in [-0.15, -0.1) is 0 Å². The van der Waals surface area contributed by atoms with Crippen LogP contribution in [0.3, 0.4) is 0 Å². The Balaban J connectivity index is 1.31. The third kappa shape index (κ3) is 5.11. The molecule has 6 rings (SSSR count). The standard InChI is InChI=1S/C27H28F2N6O9S/c28-16-18(31-32-27(43)44-9-14-19(26(41)42)35-23(38)12(4-6-36)24(35)45-14)15-20(17(29)21(16)33-5-3-10(30)7-33)34(11-1-2-11)8-13(22(15)37)25(39)40/h8,10-12,24,31,36H,1-7,9,30H2,(H,32,43)(H,39,40)(H,41,42)/t10-,12-,24+/m0/s1. The van der Waals surface area contributed by atoms with Crippen LogP contribution in [-0.4, -0.2) is 86.4 Å². The van der Waals surface area contributed by atoms with Gasteiger partial charge in [-0.1, -0.05) is 11.8 Å². The number of pyridine rings is 1. The molecule has 2 amide bonds. The Labute approximate surface area is 256 Å². The Hall–Kier alpha value is -4.42. The number of nitrogens with two attached hydrogens (primary N) is 1. The van der Waals surface area contributed by atoms with Crippen molar-refractivity contribution >= 4 is 58.0 Å². The second-order valence-corrected chi connectivity index (χ2v) is 12.3. The number of β-lactam (4-membered cyclic amide) rings is 1. The number of aliphatic carboxylic acids is 1. The Bertz CT molecular complexity index is 1750. The molecule has 4 aliphatic rings. The van der Waals surface area contributed by atoms with Crippen molar-refractivity contribution in [1.29, 1.82) is 0 Å². The zero-order valence-electron chi connectivity index (χ0n) is 23.4. The van der Waals surface area contributed by atoms with Crippen molar-refractivity contribution in [2.24, 2.45) is 11.7 Å². The molecule has 2 aromatic rings. The maximum atomic E-state index is 16.2. The SMILES string of the molecule is N[C@H]1CCN(c2c(F)c(NNC(=O)OCC3=C(C(=O)O)N4C(=O)[C@H](CCO)[C@H]4S3)c3c(=O)c(C(=O)O)cn(C4CC4)c3c2F)C1. The van der Waals surface area contributed by atoms with Crippen LogP contribution in [0.4, 0.5) is 25.0 Å². The number of amides is 2. The molecule has 45 heavy (non-hydrogen) atoms. The number of carbonyl (C=O) groups excluding carboxylic acids is 2. The molecule has 1 aromatic carbocycles. The Morgan fingerprint density at radius 1 is 1.11 bits per heavy atom. The Morgan fingerprint density at radius 2 is 1.84 bits per heavy atom. The molecular formula is C27H28F2N6O9S. The fourth-order valence-corrected chi connectivity index (χ4v) is 7.39. The highest BCUT2D eigenvalue weighted by Gasteiger charge is 2.55. The number of aliphatic hydroxyl groups excluding tert-OH is 1. The summed E-state index contributed by atoms with van der Waals surface area (Å²) in [6.07, 6.45) is 1.49. The fraction of sp³-hybridized carbons (Fsp3) is 0.444. The summed E-state index contributed by atoms with van der Waals surface area (Å²) in [5.41, 5.74) is 6.48. The number of rotatable bonds is 10. The normalized spacial score (nSPS) is 22.5. The van der Waals surface area contributed by atoms with Crippen LogP contribution in [0.2, 0.25) is 0 Å². The van der Waals surface area contributed by atoms with Crippen molar-refractivity contribution in [2.75, 3.05) is 36.6 Å². The average Bonchev–Trinajstić information content (AvgIpc) is 3.66. The van der Waals surface area contributed by atoms with Crippen molar-refractivity contribution < 1.29 is 48.0 Å². The summed E-state index contributed by atoms with van der Waals surface area (Å²) in [6, 6.07) is -0.704. The van der Waals surface area contributed by atoms with Gasteiger partial charge < -0.3 is 35.3 Å². The minimum absolute atomic E-state index is 0.0564. The number of hydrogen-bond acceptors (Lipinski definition) is 11. The first-order valence-corrected chi connectivity index (χ1v) is 14.9. The number of ether oxygens (including phenoxy) is 1. The van der Waals surface area contributed by atoms with Crippen LogP contribution < -0.4 is 26.9 Å². The van der Waals surface area contributed by atoms with Crippen LogP contribution in [-0.2, 0) is 14.3 Å². The maximum absolute atomic E-state index is 16.2. The van der Waals surface area contributed by atoms with Gasteiger partial charge in [-0.05, 0) is 25.7 Å². The number of fused-ring (bicyclic) bond motifs is 2. The molecule has 3 aliphatic heterocycles. The number of anilines is 2. The van der Waals surface area contributed by atoms with Crippen LogP contribution in [0.15, 0.2) is 21.6 Å². The van der Waals surface area contributed by atoms with Gasteiger partial charge in [0.15, 0.2) is 11.6 Å². The monoisotopic (exact) mass is 650 g/mol. The van der Waals surface area contributed by atoms with Gasteiger partial charge >= 0.3 is 18.0 Å². The predicted octanol–water partition coefficient (Wildman–Crippen LogP) is 1.11. The smallest absolute Gasteiger partial charge is 0.426 e. The van der Waals surface area contributed by atoms with E-state index >= 15 is 8.78 Å². The van der Waals surface area contributed by atoms with Gasteiger partial charge in [0.25, 0.3) is 0 Å². The van der Waals surface area contributed by atoms with E-state index in [9.17, 15) is 39.3 Å². The van der Waals surface area contributed by atoms with Crippen LogP contribution in [0.5, 0.6) is 0 Å². The molecule has 2 saturated heterocycles. The molecule has 1 aliphatic carbocycles. The number of hydrogen-bond donors (Lipinski definition) is 6. The number of halogens is 2. The fourth-order valence-electron chi connectivity index (χ4n) is 5.95. The van der Waals surface area contributed by atoms with Gasteiger partial charge in [-0.3, -0.25) is 19.9 Å². The number of carbonyl (C=O) groups is 4. The summed E-state index contributed by atoms with van der Waals surface area (Å²) >= 11 is 0.994. The van der Waals surface area contributed by atoms with E-state index in [1.165, 1.54) is 9.47 Å². The molecule has 4 heterocycles. The lowest BCUT2D eigenvalue weighted by molar-refractivity contribution is -0.152. The van der Waals surface area contributed by atoms with Gasteiger partial charge in [0.2, 0.25) is 11.3 Å². The van der Waals surface area contributed by atoms with E-state index in [1.54, 1.807) is 0 Å². The van der Waals surface area contributed by atoms with Crippen molar-refractivity contribution in [3.8, 4) is 0 Å². The zero-order chi connectivity index (χ0) is 32.3. The summed E-state index contributed by atoms with van der Waals surface area (Å²) in [7, 11) is 0. The van der Waals surface area contributed by atoms with Crippen molar-refractivity contribution in [3.63, 3.8) is 0 Å². The number of aromatic carboxylic acids is 1. The third-order valence-electron chi connectivity index (χ3n) is 8.23. The van der Waals surface area contributed by atoms with Gasteiger partial charge in [0, 0.05) is 38.0 Å². The lowest BCUT2D eigenvalue weighted by Crippen LogP contribution is -2.57. The molecule has 7 N–H and O–H groups in total. The zero-order valence-corrected chi connectivity index (χ0v) is 24.2. The number of carboxylic acid groups (broad SMARTS) is 2. The van der Waals surface area contributed by atoms with E-state index in [4.69, 9.17) is 10.5 Å². The average molecular weight is 651 g/mol. The topological polar surface area (TPSA) is 217 Å². The summed E-state index contributed by atoms with van der Waals surface area (Å²) < 4.78 is 38.7.